The van der Waals surface area contributed by atoms with Crippen molar-refractivity contribution in [3.05, 3.63) is 47.1 Å². The highest BCUT2D eigenvalue weighted by Gasteiger charge is 2.17. The van der Waals surface area contributed by atoms with Crippen molar-refractivity contribution in [3.63, 3.8) is 0 Å². The average molecular weight is 316 g/mol. The first-order valence-corrected chi connectivity index (χ1v) is 7.77. The number of halogens is 1. The van der Waals surface area contributed by atoms with Crippen LogP contribution in [-0.2, 0) is 10.0 Å². The van der Waals surface area contributed by atoms with Crippen molar-refractivity contribution in [2.45, 2.75) is 4.21 Å². The number of sulfonamides is 1. The lowest BCUT2D eigenvalue weighted by atomic mass is 10.3. The molecule has 1 aromatic heterocycles. The largest absolute Gasteiger partial charge is 0.389 e. The molecule has 19 heavy (non-hydrogen) atoms. The molecule has 0 amide bonds. The molecule has 8 heteroatoms. The van der Waals surface area contributed by atoms with Gasteiger partial charge in [0.2, 0.25) is 0 Å². The SMILES string of the molecule is NC(=S)c1ccc(S(=O)(=O)Nc2ccc(F)cc2)s1. The minimum atomic E-state index is -3.71. The third-order valence-electron chi connectivity index (χ3n) is 2.19. The predicted octanol–water partition coefficient (Wildman–Crippen LogP) is 2.32. The fraction of sp³-hybridized carbons (Fsp3) is 0. The molecule has 0 aliphatic carbocycles. The average Bonchev–Trinajstić information content (AvgIpc) is 2.82. The van der Waals surface area contributed by atoms with Gasteiger partial charge in [0, 0.05) is 5.69 Å². The van der Waals surface area contributed by atoms with Gasteiger partial charge in [0.25, 0.3) is 10.0 Å². The highest BCUT2D eigenvalue weighted by Crippen LogP contribution is 2.24. The maximum Gasteiger partial charge on any atom is 0.271 e. The Morgan fingerprint density at radius 3 is 2.37 bits per heavy atom. The van der Waals surface area contributed by atoms with Gasteiger partial charge in [-0.2, -0.15) is 0 Å². The second-order valence-electron chi connectivity index (χ2n) is 3.60. The summed E-state index contributed by atoms with van der Waals surface area (Å²) in [4.78, 5) is 0.669. The fourth-order valence-electron chi connectivity index (χ4n) is 1.32. The molecule has 0 unspecified atom stereocenters. The molecule has 0 radical (unpaired) electrons. The Labute approximate surface area is 119 Å². The molecule has 1 heterocycles. The van der Waals surface area contributed by atoms with Gasteiger partial charge in [-0.15, -0.1) is 11.3 Å². The summed E-state index contributed by atoms with van der Waals surface area (Å²) < 4.78 is 39.3. The van der Waals surface area contributed by atoms with E-state index in [9.17, 15) is 12.8 Å². The summed E-state index contributed by atoms with van der Waals surface area (Å²) in [7, 11) is -3.71. The molecule has 0 spiro atoms. The van der Waals surface area contributed by atoms with Crippen LogP contribution in [0.25, 0.3) is 0 Å². The van der Waals surface area contributed by atoms with E-state index in [4.69, 9.17) is 18.0 Å². The van der Waals surface area contributed by atoms with E-state index in [1.807, 2.05) is 0 Å². The Kier molecular flexibility index (Phi) is 3.83. The highest BCUT2D eigenvalue weighted by molar-refractivity contribution is 7.94. The molecule has 2 rings (SSSR count). The van der Waals surface area contributed by atoms with E-state index >= 15 is 0 Å². The van der Waals surface area contributed by atoms with Crippen molar-refractivity contribution in [1.82, 2.24) is 0 Å². The van der Waals surface area contributed by atoms with E-state index in [1.165, 1.54) is 30.3 Å². The van der Waals surface area contributed by atoms with Gasteiger partial charge in [-0.05, 0) is 36.4 Å². The monoisotopic (exact) mass is 316 g/mol. The number of hydrogen-bond acceptors (Lipinski definition) is 4. The van der Waals surface area contributed by atoms with Crippen LogP contribution in [0.4, 0.5) is 10.1 Å². The second kappa shape index (κ2) is 5.24. The molecule has 1 aromatic carbocycles. The van der Waals surface area contributed by atoms with Gasteiger partial charge in [-0.1, -0.05) is 12.2 Å². The molecule has 0 bridgehead atoms. The van der Waals surface area contributed by atoms with Crippen molar-refractivity contribution in [2.75, 3.05) is 4.72 Å². The molecule has 0 saturated carbocycles. The van der Waals surface area contributed by atoms with Gasteiger partial charge >= 0.3 is 0 Å². The van der Waals surface area contributed by atoms with Gasteiger partial charge in [0.1, 0.15) is 15.0 Å². The molecular formula is C11H9FN2O2S3. The number of thiocarbonyl (C=S) groups is 1. The van der Waals surface area contributed by atoms with Crippen LogP contribution in [0.5, 0.6) is 0 Å². The van der Waals surface area contributed by atoms with Gasteiger partial charge in [-0.25, -0.2) is 12.8 Å². The Bertz CT molecular complexity index is 708. The lowest BCUT2D eigenvalue weighted by Gasteiger charge is -2.05. The summed E-state index contributed by atoms with van der Waals surface area (Å²) in [5.74, 6) is -0.435. The van der Waals surface area contributed by atoms with Crippen LogP contribution in [0.2, 0.25) is 0 Å². The number of benzene rings is 1. The molecule has 4 nitrogen and oxygen atoms in total. The first-order valence-electron chi connectivity index (χ1n) is 5.06. The first kappa shape index (κ1) is 13.9. The van der Waals surface area contributed by atoms with E-state index in [2.05, 4.69) is 4.72 Å². The van der Waals surface area contributed by atoms with Crippen LogP contribution < -0.4 is 10.5 Å². The molecule has 0 aliphatic heterocycles. The fourth-order valence-corrected chi connectivity index (χ4v) is 3.73. The third kappa shape index (κ3) is 3.28. The van der Waals surface area contributed by atoms with E-state index in [-0.39, 0.29) is 14.9 Å². The van der Waals surface area contributed by atoms with Gasteiger partial charge < -0.3 is 5.73 Å². The first-order chi connectivity index (χ1) is 8.88. The van der Waals surface area contributed by atoms with Crippen LogP contribution in [-0.4, -0.2) is 13.4 Å². The number of rotatable bonds is 4. The zero-order chi connectivity index (χ0) is 14.0. The normalized spacial score (nSPS) is 11.2. The third-order valence-corrected chi connectivity index (χ3v) is 5.53. The summed E-state index contributed by atoms with van der Waals surface area (Å²) in [6.07, 6.45) is 0. The molecule has 0 atom stereocenters. The maximum absolute atomic E-state index is 12.7. The number of hydrogen-bond donors (Lipinski definition) is 2. The quantitative estimate of drug-likeness (QED) is 0.849. The second-order valence-corrected chi connectivity index (χ2v) is 7.03. The van der Waals surface area contributed by atoms with Gasteiger partial charge in [-0.3, -0.25) is 4.72 Å². The Morgan fingerprint density at radius 1 is 1.21 bits per heavy atom. The maximum atomic E-state index is 12.7. The number of nitrogens with two attached hydrogens (primary N) is 1. The summed E-state index contributed by atoms with van der Waals surface area (Å²) in [5, 5.41) is 0. The van der Waals surface area contributed by atoms with E-state index in [0.717, 1.165) is 11.3 Å². The molecule has 0 saturated heterocycles. The van der Waals surface area contributed by atoms with Crippen LogP contribution in [0.3, 0.4) is 0 Å². The lowest BCUT2D eigenvalue weighted by molar-refractivity contribution is 0.603. The molecule has 100 valence electrons. The number of anilines is 1. The van der Waals surface area contributed by atoms with Gasteiger partial charge in [0.05, 0.1) is 4.88 Å². The minimum Gasteiger partial charge on any atom is -0.389 e. The zero-order valence-electron chi connectivity index (χ0n) is 9.46. The summed E-state index contributed by atoms with van der Waals surface area (Å²) in [6, 6.07) is 8.00. The van der Waals surface area contributed by atoms with Crippen LogP contribution in [0.15, 0.2) is 40.6 Å². The van der Waals surface area contributed by atoms with Crippen molar-refractivity contribution in [1.29, 1.82) is 0 Å². The Hall–Kier alpha value is -1.51. The molecule has 3 N–H and O–H groups in total. The smallest absolute Gasteiger partial charge is 0.271 e. The molecule has 0 fully saturated rings. The molecular weight excluding hydrogens is 307 g/mol. The standard InChI is InChI=1S/C11H9FN2O2S3/c12-7-1-3-8(4-2-7)14-19(15,16)10-6-5-9(18-10)11(13)17/h1-6,14H,(H2,13,17). The minimum absolute atomic E-state index is 0.0969. The Balaban J connectivity index is 2.26. The number of thiophene rings is 1. The highest BCUT2D eigenvalue weighted by atomic mass is 32.2. The van der Waals surface area contributed by atoms with Crippen LogP contribution in [0.1, 0.15) is 4.88 Å². The number of nitrogens with one attached hydrogen (secondary N) is 1. The topological polar surface area (TPSA) is 72.2 Å². The van der Waals surface area contributed by atoms with E-state index < -0.39 is 15.8 Å². The van der Waals surface area contributed by atoms with Crippen molar-refractivity contribution < 1.29 is 12.8 Å². The van der Waals surface area contributed by atoms with Crippen LogP contribution in [0, 0.1) is 5.82 Å². The van der Waals surface area contributed by atoms with Crippen molar-refractivity contribution >= 4 is 44.3 Å². The Morgan fingerprint density at radius 2 is 1.84 bits per heavy atom. The van der Waals surface area contributed by atoms with Crippen molar-refractivity contribution in [3.8, 4) is 0 Å². The van der Waals surface area contributed by atoms with Gasteiger partial charge in [0.15, 0.2) is 0 Å². The van der Waals surface area contributed by atoms with E-state index in [1.54, 1.807) is 6.07 Å². The molecule has 2 aromatic rings. The van der Waals surface area contributed by atoms with Crippen LogP contribution >= 0.6 is 23.6 Å². The predicted molar refractivity (Wildman–Crippen MR) is 77.4 cm³/mol. The summed E-state index contributed by atoms with van der Waals surface area (Å²) in [5.41, 5.74) is 5.71. The van der Waals surface area contributed by atoms with Crippen molar-refractivity contribution in [2.24, 2.45) is 5.73 Å². The summed E-state index contributed by atoms with van der Waals surface area (Å²) >= 11 is 5.75. The lowest BCUT2D eigenvalue weighted by Crippen LogP contribution is -2.11. The van der Waals surface area contributed by atoms with E-state index in [0.29, 0.717) is 4.88 Å². The zero-order valence-corrected chi connectivity index (χ0v) is 11.9. The molecule has 0 aliphatic rings. The summed E-state index contributed by atoms with van der Waals surface area (Å²) in [6.45, 7) is 0.